The summed E-state index contributed by atoms with van der Waals surface area (Å²) in [5, 5.41) is 2.54. The monoisotopic (exact) mass is 287 g/mol. The molecule has 7 nitrogen and oxygen atoms in total. The maximum Gasteiger partial charge on any atom is 0.239 e. The summed E-state index contributed by atoms with van der Waals surface area (Å²) in [7, 11) is -0.579. The van der Waals surface area contributed by atoms with Crippen molar-refractivity contribution in [2.45, 2.75) is 0 Å². The number of anilines is 2. The molecule has 0 heterocycles. The molecule has 1 rings (SSSR count). The average molecular weight is 287 g/mol. The normalized spacial score (nSPS) is 11.4. The number of nitrogens with two attached hydrogens (primary N) is 1. The van der Waals surface area contributed by atoms with Gasteiger partial charge >= 0.3 is 0 Å². The van der Waals surface area contributed by atoms with Gasteiger partial charge in [0.15, 0.2) is 0 Å². The summed E-state index contributed by atoms with van der Waals surface area (Å²) in [6.07, 6.45) is 1.03. The predicted octanol–water partition coefficient (Wildman–Crippen LogP) is 0.107. The molecule has 1 amide bonds. The van der Waals surface area contributed by atoms with Gasteiger partial charge in [0, 0.05) is 13.1 Å². The summed E-state index contributed by atoms with van der Waals surface area (Å²) in [5.74, 6) is 0.0637. The summed E-state index contributed by atoms with van der Waals surface area (Å²) in [4.78, 5) is 11.7. The second kappa shape index (κ2) is 5.89. The number of methoxy groups -OCH3 is 1. The zero-order valence-corrected chi connectivity index (χ0v) is 11.8. The molecule has 1 aromatic carbocycles. The lowest BCUT2D eigenvalue weighted by atomic mass is 10.2. The van der Waals surface area contributed by atoms with E-state index in [1.54, 1.807) is 18.2 Å². The summed E-state index contributed by atoms with van der Waals surface area (Å²) in [6, 6.07) is 4.82. The van der Waals surface area contributed by atoms with Crippen LogP contribution in [0.5, 0.6) is 5.75 Å². The number of carbonyl (C=O) groups excluding carboxylic acids is 1. The minimum atomic E-state index is -3.40. The molecule has 106 valence electrons. The van der Waals surface area contributed by atoms with Crippen molar-refractivity contribution in [3.8, 4) is 5.75 Å². The molecular weight excluding hydrogens is 270 g/mol. The van der Waals surface area contributed by atoms with Gasteiger partial charge in [-0.3, -0.25) is 4.79 Å². The highest BCUT2D eigenvalue weighted by Crippen LogP contribution is 2.24. The van der Waals surface area contributed by atoms with Crippen molar-refractivity contribution < 1.29 is 17.9 Å². The van der Waals surface area contributed by atoms with Gasteiger partial charge < -0.3 is 15.8 Å². The Labute approximate surface area is 112 Å². The van der Waals surface area contributed by atoms with Gasteiger partial charge in [-0.25, -0.2) is 8.42 Å². The number of nitrogens with one attached hydrogen (secondary N) is 1. The summed E-state index contributed by atoms with van der Waals surface area (Å²) in [6.45, 7) is -0.282. The highest BCUT2D eigenvalue weighted by Gasteiger charge is 2.15. The number of hydrogen-bond donors (Lipinski definition) is 2. The van der Waals surface area contributed by atoms with Gasteiger partial charge in [0.2, 0.25) is 15.9 Å². The number of nitrogen functional groups attached to an aromatic ring is 1. The van der Waals surface area contributed by atoms with Crippen molar-refractivity contribution in [3.05, 3.63) is 18.2 Å². The number of nitrogens with zero attached hydrogens (tertiary/aromatic N) is 1. The SMILES string of the molecule is COc1ccc(N)c(NC(=O)CN(C)S(C)(=O)=O)c1. The van der Waals surface area contributed by atoms with Crippen LogP contribution in [-0.2, 0) is 14.8 Å². The lowest BCUT2D eigenvalue weighted by molar-refractivity contribution is -0.116. The number of likely N-dealkylation sites (N-methyl/N-ethyl adjacent to an activating group) is 1. The number of amides is 1. The van der Waals surface area contributed by atoms with Gasteiger partial charge in [0.1, 0.15) is 5.75 Å². The molecule has 0 spiro atoms. The molecule has 0 atom stereocenters. The Hall–Kier alpha value is -1.80. The van der Waals surface area contributed by atoms with E-state index < -0.39 is 15.9 Å². The van der Waals surface area contributed by atoms with Gasteiger partial charge in [0.05, 0.1) is 31.3 Å². The van der Waals surface area contributed by atoms with E-state index in [1.807, 2.05) is 0 Å². The van der Waals surface area contributed by atoms with Crippen molar-refractivity contribution in [3.63, 3.8) is 0 Å². The minimum absolute atomic E-state index is 0.282. The van der Waals surface area contributed by atoms with Crippen LogP contribution in [-0.4, -0.2) is 45.6 Å². The lowest BCUT2D eigenvalue weighted by Crippen LogP contribution is -2.34. The number of sulfonamides is 1. The highest BCUT2D eigenvalue weighted by molar-refractivity contribution is 7.88. The maximum absolute atomic E-state index is 11.7. The molecule has 0 aliphatic rings. The fourth-order valence-electron chi connectivity index (χ4n) is 1.28. The van der Waals surface area contributed by atoms with E-state index in [2.05, 4.69) is 5.32 Å². The van der Waals surface area contributed by atoms with Gasteiger partial charge in [-0.1, -0.05) is 0 Å². The molecular formula is C11H17N3O4S. The molecule has 0 saturated heterocycles. The molecule has 8 heteroatoms. The van der Waals surface area contributed by atoms with E-state index >= 15 is 0 Å². The molecule has 0 aliphatic carbocycles. The zero-order chi connectivity index (χ0) is 14.6. The minimum Gasteiger partial charge on any atom is -0.497 e. The zero-order valence-electron chi connectivity index (χ0n) is 11.0. The van der Waals surface area contributed by atoms with Crippen LogP contribution in [0.1, 0.15) is 0 Å². The smallest absolute Gasteiger partial charge is 0.239 e. The van der Waals surface area contributed by atoms with E-state index in [0.29, 0.717) is 17.1 Å². The first-order valence-corrected chi connectivity index (χ1v) is 7.23. The van der Waals surface area contributed by atoms with E-state index in [0.717, 1.165) is 10.6 Å². The standard InChI is InChI=1S/C11H17N3O4S/c1-14(19(3,16)17)7-11(15)13-10-6-8(18-2)4-5-9(10)12/h4-6H,7,12H2,1-3H3,(H,13,15). The van der Waals surface area contributed by atoms with Crippen molar-refractivity contribution in [1.82, 2.24) is 4.31 Å². The van der Waals surface area contributed by atoms with Crippen LogP contribution >= 0.6 is 0 Å². The number of carbonyl (C=O) groups is 1. The van der Waals surface area contributed by atoms with Crippen molar-refractivity contribution in [2.24, 2.45) is 0 Å². The molecule has 0 bridgehead atoms. The van der Waals surface area contributed by atoms with Gasteiger partial charge in [-0.2, -0.15) is 4.31 Å². The quantitative estimate of drug-likeness (QED) is 0.748. The molecule has 0 saturated carbocycles. The van der Waals surface area contributed by atoms with Crippen molar-refractivity contribution in [2.75, 3.05) is 38.0 Å². The Morgan fingerprint density at radius 2 is 2.11 bits per heavy atom. The summed E-state index contributed by atoms with van der Waals surface area (Å²) < 4.78 is 28.3. The molecule has 19 heavy (non-hydrogen) atoms. The van der Waals surface area contributed by atoms with Gasteiger partial charge in [0.25, 0.3) is 0 Å². The first kappa shape index (κ1) is 15.3. The number of ether oxygens (including phenoxy) is 1. The number of rotatable bonds is 5. The first-order valence-electron chi connectivity index (χ1n) is 5.38. The molecule has 0 fully saturated rings. The first-order chi connectivity index (χ1) is 8.74. The molecule has 1 aromatic rings. The third-order valence-electron chi connectivity index (χ3n) is 2.47. The Kier molecular flexibility index (Phi) is 4.73. The van der Waals surface area contributed by atoms with Crippen LogP contribution in [0.25, 0.3) is 0 Å². The van der Waals surface area contributed by atoms with Crippen LogP contribution in [0.3, 0.4) is 0 Å². The Morgan fingerprint density at radius 3 is 2.63 bits per heavy atom. The Balaban J connectivity index is 2.77. The molecule has 0 aliphatic heterocycles. The van der Waals surface area contributed by atoms with E-state index in [-0.39, 0.29) is 6.54 Å². The van der Waals surface area contributed by atoms with E-state index in [9.17, 15) is 13.2 Å². The number of benzene rings is 1. The molecule has 0 aromatic heterocycles. The second-order valence-corrected chi connectivity index (χ2v) is 6.11. The second-order valence-electron chi connectivity index (χ2n) is 4.02. The van der Waals surface area contributed by atoms with Crippen LogP contribution < -0.4 is 15.8 Å². The van der Waals surface area contributed by atoms with Gasteiger partial charge in [-0.05, 0) is 12.1 Å². The molecule has 3 N–H and O–H groups in total. The summed E-state index contributed by atoms with van der Waals surface area (Å²) >= 11 is 0. The fraction of sp³-hybridized carbons (Fsp3) is 0.364. The van der Waals surface area contributed by atoms with Crippen LogP contribution in [0.2, 0.25) is 0 Å². The van der Waals surface area contributed by atoms with Crippen LogP contribution in [0, 0.1) is 0 Å². The fourth-order valence-corrected chi connectivity index (χ4v) is 1.63. The molecule has 0 radical (unpaired) electrons. The lowest BCUT2D eigenvalue weighted by Gasteiger charge is -2.15. The largest absolute Gasteiger partial charge is 0.497 e. The third-order valence-corrected chi connectivity index (χ3v) is 3.73. The summed E-state index contributed by atoms with van der Waals surface area (Å²) in [5.41, 5.74) is 6.46. The number of hydrogen-bond acceptors (Lipinski definition) is 5. The van der Waals surface area contributed by atoms with E-state index in [1.165, 1.54) is 14.2 Å². The molecule has 0 unspecified atom stereocenters. The Morgan fingerprint density at radius 1 is 1.47 bits per heavy atom. The van der Waals surface area contributed by atoms with E-state index in [4.69, 9.17) is 10.5 Å². The Bertz CT molecular complexity index is 571. The highest BCUT2D eigenvalue weighted by atomic mass is 32.2. The van der Waals surface area contributed by atoms with Gasteiger partial charge in [-0.15, -0.1) is 0 Å². The van der Waals surface area contributed by atoms with Crippen molar-refractivity contribution >= 4 is 27.3 Å². The van der Waals surface area contributed by atoms with Crippen molar-refractivity contribution in [1.29, 1.82) is 0 Å². The predicted molar refractivity (Wildman–Crippen MR) is 73.5 cm³/mol. The maximum atomic E-state index is 11.7. The topological polar surface area (TPSA) is 102 Å². The third kappa shape index (κ3) is 4.42. The average Bonchev–Trinajstić information content (AvgIpc) is 2.30. The van der Waals surface area contributed by atoms with Crippen LogP contribution in [0.4, 0.5) is 11.4 Å². The van der Waals surface area contributed by atoms with Crippen LogP contribution in [0.15, 0.2) is 18.2 Å².